The lowest BCUT2D eigenvalue weighted by Crippen LogP contribution is -2.10. The maximum Gasteiger partial charge on any atom is 0.115 e. The average molecular weight is 207 g/mol. The summed E-state index contributed by atoms with van der Waals surface area (Å²) in [5, 5.41) is 3.12. The second-order valence-electron chi connectivity index (χ2n) is 4.50. The normalized spacial score (nSPS) is 17.7. The highest BCUT2D eigenvalue weighted by atomic mass is 19.1. The van der Waals surface area contributed by atoms with Gasteiger partial charge in [-0.1, -0.05) is 24.3 Å². The van der Waals surface area contributed by atoms with Gasteiger partial charge in [0, 0.05) is 6.42 Å². The summed E-state index contributed by atoms with van der Waals surface area (Å²) in [5.74, 6) is 0. The first kappa shape index (κ1) is 10.6. The fourth-order valence-electron chi connectivity index (χ4n) is 1.77. The molecule has 0 unspecified atom stereocenters. The molecule has 2 heteroatoms. The quantitative estimate of drug-likeness (QED) is 0.782. The van der Waals surface area contributed by atoms with Gasteiger partial charge in [0.1, 0.15) is 5.67 Å². The van der Waals surface area contributed by atoms with Crippen molar-refractivity contribution in [2.24, 2.45) is 0 Å². The van der Waals surface area contributed by atoms with Crippen LogP contribution in [0, 0.1) is 0 Å². The number of rotatable bonds is 5. The van der Waals surface area contributed by atoms with Crippen LogP contribution >= 0.6 is 0 Å². The highest BCUT2D eigenvalue weighted by Crippen LogP contribution is 2.42. The lowest BCUT2D eigenvalue weighted by molar-refractivity contribution is 0.308. The predicted octanol–water partition coefficient (Wildman–Crippen LogP) is 2.49. The number of benzene rings is 1. The second-order valence-corrected chi connectivity index (χ2v) is 4.50. The Morgan fingerprint density at radius 1 is 1.20 bits per heavy atom. The Hall–Kier alpha value is -0.890. The molecular formula is C13H18FN. The molecule has 1 N–H and O–H groups in total. The monoisotopic (exact) mass is 207 g/mol. The largest absolute Gasteiger partial charge is 0.319 e. The van der Waals surface area contributed by atoms with E-state index >= 15 is 0 Å². The molecule has 1 fully saturated rings. The Bertz CT molecular complexity index is 314. The van der Waals surface area contributed by atoms with E-state index in [0.29, 0.717) is 6.42 Å². The molecule has 82 valence electrons. The van der Waals surface area contributed by atoms with Crippen molar-refractivity contribution < 1.29 is 4.39 Å². The molecular weight excluding hydrogens is 189 g/mol. The third-order valence-corrected chi connectivity index (χ3v) is 3.00. The number of alkyl halides is 1. The van der Waals surface area contributed by atoms with Crippen molar-refractivity contribution in [2.45, 2.75) is 31.4 Å². The minimum Gasteiger partial charge on any atom is -0.319 e. The van der Waals surface area contributed by atoms with Gasteiger partial charge in [0.2, 0.25) is 0 Å². The summed E-state index contributed by atoms with van der Waals surface area (Å²) in [6.45, 7) is 0.992. The van der Waals surface area contributed by atoms with Crippen LogP contribution in [0.3, 0.4) is 0 Å². The van der Waals surface area contributed by atoms with Crippen LogP contribution < -0.4 is 5.32 Å². The van der Waals surface area contributed by atoms with E-state index in [0.717, 1.165) is 31.4 Å². The molecule has 0 aliphatic heterocycles. The van der Waals surface area contributed by atoms with Gasteiger partial charge in [-0.05, 0) is 44.0 Å². The third-order valence-electron chi connectivity index (χ3n) is 3.00. The van der Waals surface area contributed by atoms with Crippen molar-refractivity contribution >= 4 is 0 Å². The Labute approximate surface area is 90.7 Å². The molecule has 0 saturated heterocycles. The molecule has 0 spiro atoms. The van der Waals surface area contributed by atoms with Gasteiger partial charge < -0.3 is 5.32 Å². The van der Waals surface area contributed by atoms with E-state index in [2.05, 4.69) is 29.6 Å². The lowest BCUT2D eigenvalue weighted by Gasteiger charge is -2.06. The van der Waals surface area contributed by atoms with E-state index in [9.17, 15) is 4.39 Å². The fraction of sp³-hybridized carbons (Fsp3) is 0.538. The van der Waals surface area contributed by atoms with Crippen molar-refractivity contribution in [1.82, 2.24) is 5.32 Å². The van der Waals surface area contributed by atoms with Gasteiger partial charge in [0.05, 0.1) is 0 Å². The third kappa shape index (κ3) is 3.03. The van der Waals surface area contributed by atoms with Crippen LogP contribution in [-0.2, 0) is 12.8 Å². The smallest absolute Gasteiger partial charge is 0.115 e. The molecule has 1 nitrogen and oxygen atoms in total. The van der Waals surface area contributed by atoms with Crippen molar-refractivity contribution in [3.63, 3.8) is 0 Å². The Kier molecular flexibility index (Phi) is 3.06. The lowest BCUT2D eigenvalue weighted by atomic mass is 10.0. The second kappa shape index (κ2) is 4.31. The van der Waals surface area contributed by atoms with Crippen molar-refractivity contribution in [3.8, 4) is 0 Å². The van der Waals surface area contributed by atoms with Gasteiger partial charge in [0.15, 0.2) is 0 Å². The molecule has 1 saturated carbocycles. The van der Waals surface area contributed by atoms with Gasteiger partial charge >= 0.3 is 0 Å². The van der Waals surface area contributed by atoms with Gasteiger partial charge in [-0.15, -0.1) is 0 Å². The zero-order valence-electron chi connectivity index (χ0n) is 9.22. The summed E-state index contributed by atoms with van der Waals surface area (Å²) in [4.78, 5) is 0. The van der Waals surface area contributed by atoms with Crippen LogP contribution in [-0.4, -0.2) is 19.3 Å². The Morgan fingerprint density at radius 3 is 2.33 bits per heavy atom. The molecule has 0 bridgehead atoms. The topological polar surface area (TPSA) is 12.0 Å². The molecule has 0 atom stereocenters. The summed E-state index contributed by atoms with van der Waals surface area (Å²) < 4.78 is 13.5. The summed E-state index contributed by atoms with van der Waals surface area (Å²) in [7, 11) is 1.95. The van der Waals surface area contributed by atoms with Gasteiger partial charge in [-0.25, -0.2) is 4.39 Å². The van der Waals surface area contributed by atoms with Crippen LogP contribution in [0.2, 0.25) is 0 Å². The van der Waals surface area contributed by atoms with Gasteiger partial charge in [0.25, 0.3) is 0 Å². The number of likely N-dealkylation sites (N-methyl/N-ethyl adjacent to an activating group) is 1. The van der Waals surface area contributed by atoms with E-state index in [-0.39, 0.29) is 0 Å². The Balaban J connectivity index is 1.91. The molecule has 0 amide bonds. The van der Waals surface area contributed by atoms with E-state index in [1.807, 2.05) is 7.05 Å². The summed E-state index contributed by atoms with van der Waals surface area (Å²) in [6.07, 6.45) is 3.12. The van der Waals surface area contributed by atoms with Crippen LogP contribution in [0.1, 0.15) is 24.0 Å². The van der Waals surface area contributed by atoms with Gasteiger partial charge in [-0.2, -0.15) is 0 Å². The van der Waals surface area contributed by atoms with Crippen molar-refractivity contribution in [2.75, 3.05) is 13.6 Å². The summed E-state index contributed by atoms with van der Waals surface area (Å²) in [6, 6.07) is 8.34. The molecule has 0 aromatic heterocycles. The minimum absolute atomic E-state index is 0.597. The van der Waals surface area contributed by atoms with E-state index < -0.39 is 5.67 Å². The SMILES string of the molecule is CNCCc1ccc(CC2(F)CC2)cc1. The number of halogens is 1. The van der Waals surface area contributed by atoms with Crippen LogP contribution in [0.15, 0.2) is 24.3 Å². The zero-order valence-corrected chi connectivity index (χ0v) is 9.22. The zero-order chi connectivity index (χ0) is 10.7. The molecule has 1 aromatic rings. The van der Waals surface area contributed by atoms with Crippen LogP contribution in [0.4, 0.5) is 4.39 Å². The predicted molar refractivity (Wildman–Crippen MR) is 60.8 cm³/mol. The van der Waals surface area contributed by atoms with E-state index in [1.165, 1.54) is 5.56 Å². The van der Waals surface area contributed by atoms with E-state index in [4.69, 9.17) is 0 Å². The summed E-state index contributed by atoms with van der Waals surface area (Å²) in [5.41, 5.74) is 1.58. The molecule has 1 aromatic carbocycles. The van der Waals surface area contributed by atoms with Crippen LogP contribution in [0.5, 0.6) is 0 Å². The first-order valence-corrected chi connectivity index (χ1v) is 5.63. The molecule has 1 aliphatic rings. The minimum atomic E-state index is -0.869. The standard InChI is InChI=1S/C13H18FN/c1-15-9-6-11-2-4-12(5-3-11)10-13(14)7-8-13/h2-5,15H,6-10H2,1H3. The number of hydrogen-bond acceptors (Lipinski definition) is 1. The molecule has 2 rings (SSSR count). The summed E-state index contributed by atoms with van der Waals surface area (Å²) >= 11 is 0. The first-order valence-electron chi connectivity index (χ1n) is 5.63. The first-order chi connectivity index (χ1) is 7.22. The molecule has 15 heavy (non-hydrogen) atoms. The Morgan fingerprint density at radius 2 is 1.80 bits per heavy atom. The fourth-order valence-corrected chi connectivity index (χ4v) is 1.77. The number of nitrogens with one attached hydrogen (secondary N) is 1. The van der Waals surface area contributed by atoms with Gasteiger partial charge in [-0.3, -0.25) is 0 Å². The van der Waals surface area contributed by atoms with Crippen molar-refractivity contribution in [1.29, 1.82) is 0 Å². The maximum atomic E-state index is 13.5. The van der Waals surface area contributed by atoms with Crippen molar-refractivity contribution in [3.05, 3.63) is 35.4 Å². The average Bonchev–Trinajstić information content (AvgIpc) is 2.95. The highest BCUT2D eigenvalue weighted by molar-refractivity contribution is 5.25. The molecule has 0 radical (unpaired) electrons. The molecule has 1 aliphatic carbocycles. The van der Waals surface area contributed by atoms with E-state index in [1.54, 1.807) is 0 Å². The highest BCUT2D eigenvalue weighted by Gasteiger charge is 2.42. The molecule has 0 heterocycles. The van der Waals surface area contributed by atoms with Crippen LogP contribution in [0.25, 0.3) is 0 Å². The maximum absolute atomic E-state index is 13.5. The number of hydrogen-bond donors (Lipinski definition) is 1.